The molecule has 3 nitrogen and oxygen atoms in total. The second-order valence-corrected chi connectivity index (χ2v) is 6.94. The third kappa shape index (κ3) is 4.17. The number of hydrogen-bond donors (Lipinski definition) is 1. The molecule has 1 N–H and O–H groups in total. The van der Waals surface area contributed by atoms with Crippen molar-refractivity contribution in [3.63, 3.8) is 0 Å². The first-order valence-corrected chi connectivity index (χ1v) is 8.17. The lowest BCUT2D eigenvalue weighted by atomic mass is 9.95. The van der Waals surface area contributed by atoms with Crippen LogP contribution in [0.5, 0.6) is 0 Å². The smallest absolute Gasteiger partial charge is 0.0710 e. The van der Waals surface area contributed by atoms with Crippen molar-refractivity contribution in [2.75, 3.05) is 19.6 Å². The average Bonchev–Trinajstić information content (AvgIpc) is 2.69. The fraction of sp³-hybridized carbons (Fsp3) is 1.00. The molecule has 0 aromatic rings. The number of rotatable bonds is 5. The van der Waals surface area contributed by atoms with E-state index in [1.807, 2.05) is 0 Å². The number of likely N-dealkylation sites (N-methyl/N-ethyl adjacent to an activating group) is 1. The molecule has 2 aliphatic heterocycles. The van der Waals surface area contributed by atoms with E-state index < -0.39 is 0 Å². The van der Waals surface area contributed by atoms with E-state index >= 15 is 0 Å². The first-order valence-electron chi connectivity index (χ1n) is 8.17. The van der Waals surface area contributed by atoms with Crippen molar-refractivity contribution in [3.8, 4) is 0 Å². The Morgan fingerprint density at radius 3 is 2.74 bits per heavy atom. The molecule has 0 bridgehead atoms. The van der Waals surface area contributed by atoms with Crippen LogP contribution in [-0.4, -0.2) is 48.3 Å². The molecule has 3 unspecified atom stereocenters. The summed E-state index contributed by atoms with van der Waals surface area (Å²) in [7, 11) is 0. The molecule has 112 valence electrons. The highest BCUT2D eigenvalue weighted by atomic mass is 16.5. The van der Waals surface area contributed by atoms with Crippen molar-refractivity contribution in [1.29, 1.82) is 0 Å². The Labute approximate surface area is 119 Å². The summed E-state index contributed by atoms with van der Waals surface area (Å²) in [5, 5.41) is 3.60. The van der Waals surface area contributed by atoms with Gasteiger partial charge >= 0.3 is 0 Å². The monoisotopic (exact) mass is 268 g/mol. The normalized spacial score (nSPS) is 33.5. The molecule has 0 aliphatic carbocycles. The topological polar surface area (TPSA) is 24.5 Å². The summed E-state index contributed by atoms with van der Waals surface area (Å²) in [5.74, 6) is 0. The second kappa shape index (κ2) is 6.55. The van der Waals surface area contributed by atoms with Crippen LogP contribution in [0.25, 0.3) is 0 Å². The van der Waals surface area contributed by atoms with Gasteiger partial charge in [0.2, 0.25) is 0 Å². The van der Waals surface area contributed by atoms with Crippen LogP contribution in [0.3, 0.4) is 0 Å². The highest BCUT2D eigenvalue weighted by molar-refractivity contribution is 4.89. The Bertz CT molecular complexity index is 280. The van der Waals surface area contributed by atoms with Gasteiger partial charge in [-0.05, 0) is 59.5 Å². The molecule has 0 radical (unpaired) electrons. The van der Waals surface area contributed by atoms with Crippen LogP contribution in [-0.2, 0) is 4.74 Å². The number of hydrogen-bond acceptors (Lipinski definition) is 3. The van der Waals surface area contributed by atoms with Crippen LogP contribution in [0.2, 0.25) is 0 Å². The summed E-state index contributed by atoms with van der Waals surface area (Å²) < 4.78 is 6.18. The Hall–Kier alpha value is -0.120. The molecule has 3 heteroatoms. The lowest BCUT2D eigenvalue weighted by Gasteiger charge is -2.40. The highest BCUT2D eigenvalue weighted by Gasteiger charge is 2.35. The summed E-state index contributed by atoms with van der Waals surface area (Å²) in [5.41, 5.74) is 0.100. The fourth-order valence-electron chi connectivity index (χ4n) is 3.74. The van der Waals surface area contributed by atoms with E-state index in [4.69, 9.17) is 4.74 Å². The number of likely N-dealkylation sites (tertiary alicyclic amines) is 1. The van der Waals surface area contributed by atoms with Crippen molar-refractivity contribution in [1.82, 2.24) is 10.2 Å². The number of ether oxygens (including phenoxy) is 1. The zero-order valence-electron chi connectivity index (χ0n) is 13.2. The number of piperidine rings is 1. The van der Waals surface area contributed by atoms with E-state index in [-0.39, 0.29) is 5.60 Å². The molecule has 3 atom stereocenters. The van der Waals surface area contributed by atoms with E-state index in [1.54, 1.807) is 0 Å². The first kappa shape index (κ1) is 15.3. The van der Waals surface area contributed by atoms with Crippen LogP contribution < -0.4 is 5.32 Å². The maximum Gasteiger partial charge on any atom is 0.0710 e. The van der Waals surface area contributed by atoms with E-state index in [0.29, 0.717) is 18.2 Å². The molecule has 0 aromatic heterocycles. The van der Waals surface area contributed by atoms with Gasteiger partial charge < -0.3 is 10.1 Å². The van der Waals surface area contributed by atoms with Crippen molar-refractivity contribution >= 4 is 0 Å². The second-order valence-electron chi connectivity index (χ2n) is 6.94. The van der Waals surface area contributed by atoms with E-state index in [0.717, 1.165) is 13.1 Å². The Balaban J connectivity index is 1.89. The van der Waals surface area contributed by atoms with Crippen LogP contribution in [0.1, 0.15) is 59.8 Å². The molecular weight excluding hydrogens is 236 g/mol. The third-order valence-corrected chi connectivity index (χ3v) is 4.76. The van der Waals surface area contributed by atoms with Gasteiger partial charge in [-0.25, -0.2) is 0 Å². The maximum absolute atomic E-state index is 6.18. The summed E-state index contributed by atoms with van der Waals surface area (Å²) >= 11 is 0. The number of nitrogens with zero attached hydrogens (tertiary/aromatic N) is 1. The van der Waals surface area contributed by atoms with Gasteiger partial charge in [-0.2, -0.15) is 0 Å². The summed E-state index contributed by atoms with van der Waals surface area (Å²) in [4.78, 5) is 2.68. The van der Waals surface area contributed by atoms with Gasteiger partial charge in [0, 0.05) is 18.6 Å². The van der Waals surface area contributed by atoms with E-state index in [9.17, 15) is 0 Å². The SMILES string of the molecule is CCNC(C)C1CCCCN1CC1CCC(C)(C)O1. The van der Waals surface area contributed by atoms with Gasteiger partial charge in [0.25, 0.3) is 0 Å². The van der Waals surface area contributed by atoms with Crippen LogP contribution in [0.4, 0.5) is 0 Å². The maximum atomic E-state index is 6.18. The third-order valence-electron chi connectivity index (χ3n) is 4.76. The van der Waals surface area contributed by atoms with Crippen LogP contribution in [0.15, 0.2) is 0 Å². The Morgan fingerprint density at radius 2 is 2.11 bits per heavy atom. The standard InChI is InChI=1S/C16H32N2O/c1-5-17-13(2)15-8-6-7-11-18(15)12-14-9-10-16(3,4)19-14/h13-15,17H,5-12H2,1-4H3. The van der Waals surface area contributed by atoms with Crippen LogP contribution >= 0.6 is 0 Å². The van der Waals surface area contributed by atoms with Gasteiger partial charge in [-0.1, -0.05) is 13.3 Å². The van der Waals surface area contributed by atoms with Crippen molar-refractivity contribution in [2.45, 2.75) is 83.6 Å². The van der Waals surface area contributed by atoms with Crippen molar-refractivity contribution in [3.05, 3.63) is 0 Å². The predicted molar refractivity (Wildman–Crippen MR) is 80.5 cm³/mol. The quantitative estimate of drug-likeness (QED) is 0.830. The molecule has 2 aliphatic rings. The van der Waals surface area contributed by atoms with Gasteiger partial charge in [0.15, 0.2) is 0 Å². The summed E-state index contributed by atoms with van der Waals surface area (Å²) in [6.07, 6.45) is 6.96. The highest BCUT2D eigenvalue weighted by Crippen LogP contribution is 2.31. The minimum absolute atomic E-state index is 0.100. The van der Waals surface area contributed by atoms with E-state index in [2.05, 4.69) is 37.9 Å². The zero-order chi connectivity index (χ0) is 13.9. The van der Waals surface area contributed by atoms with Gasteiger partial charge in [-0.15, -0.1) is 0 Å². The minimum Gasteiger partial charge on any atom is -0.371 e. The van der Waals surface area contributed by atoms with Gasteiger partial charge in [-0.3, -0.25) is 4.90 Å². The molecule has 19 heavy (non-hydrogen) atoms. The molecule has 0 aromatic carbocycles. The summed E-state index contributed by atoms with van der Waals surface area (Å²) in [6, 6.07) is 1.29. The molecular formula is C16H32N2O. The Morgan fingerprint density at radius 1 is 1.32 bits per heavy atom. The van der Waals surface area contributed by atoms with Crippen molar-refractivity contribution in [2.24, 2.45) is 0 Å². The lowest BCUT2D eigenvalue weighted by Crippen LogP contribution is -2.53. The average molecular weight is 268 g/mol. The fourth-order valence-corrected chi connectivity index (χ4v) is 3.74. The first-order chi connectivity index (χ1) is 9.02. The van der Waals surface area contributed by atoms with Gasteiger partial charge in [0.1, 0.15) is 0 Å². The zero-order valence-corrected chi connectivity index (χ0v) is 13.2. The molecule has 2 heterocycles. The molecule has 0 amide bonds. The van der Waals surface area contributed by atoms with E-state index in [1.165, 1.54) is 38.6 Å². The lowest BCUT2D eigenvalue weighted by molar-refractivity contribution is -0.0394. The number of nitrogens with one attached hydrogen (secondary N) is 1. The largest absolute Gasteiger partial charge is 0.371 e. The molecule has 0 saturated carbocycles. The molecule has 2 fully saturated rings. The molecule has 2 saturated heterocycles. The Kier molecular flexibility index (Phi) is 5.27. The van der Waals surface area contributed by atoms with Crippen molar-refractivity contribution < 1.29 is 4.74 Å². The molecule has 0 spiro atoms. The minimum atomic E-state index is 0.100. The molecule has 2 rings (SSSR count). The van der Waals surface area contributed by atoms with Gasteiger partial charge in [0.05, 0.1) is 11.7 Å². The van der Waals surface area contributed by atoms with Crippen LogP contribution in [0, 0.1) is 0 Å². The predicted octanol–water partition coefficient (Wildman–Crippen LogP) is 2.80. The summed E-state index contributed by atoms with van der Waals surface area (Å²) in [6.45, 7) is 12.4.